The molecule has 0 aromatic rings. The Morgan fingerprint density at radius 1 is 1.19 bits per heavy atom. The maximum absolute atomic E-state index is 11.3. The number of allylic oxidation sites excluding steroid dienone is 2. The van der Waals surface area contributed by atoms with Crippen LogP contribution in [0, 0.1) is 17.3 Å². The van der Waals surface area contributed by atoms with Crippen molar-refractivity contribution in [1.82, 2.24) is 0 Å². The summed E-state index contributed by atoms with van der Waals surface area (Å²) in [6.07, 6.45) is 7.36. The van der Waals surface area contributed by atoms with E-state index in [1.807, 2.05) is 0 Å². The Morgan fingerprint density at radius 2 is 1.94 bits per heavy atom. The Morgan fingerprint density at radius 3 is 2.56 bits per heavy atom. The highest BCUT2D eigenvalue weighted by Gasteiger charge is 2.40. The van der Waals surface area contributed by atoms with Crippen LogP contribution in [-0.2, 0) is 9.59 Å². The zero-order valence-corrected chi connectivity index (χ0v) is 10.2. The smallest absolute Gasteiger partial charge is 0.127 e. The minimum absolute atomic E-state index is 0.0753. The van der Waals surface area contributed by atoms with E-state index in [9.17, 15) is 9.59 Å². The third-order valence-electron chi connectivity index (χ3n) is 4.29. The van der Waals surface area contributed by atoms with Crippen LogP contribution in [0.2, 0.25) is 0 Å². The average molecular weight is 220 g/mol. The summed E-state index contributed by atoms with van der Waals surface area (Å²) in [6.45, 7) is 4.43. The van der Waals surface area contributed by atoms with Gasteiger partial charge in [0.1, 0.15) is 12.6 Å². The second-order valence-corrected chi connectivity index (χ2v) is 5.76. The zero-order chi connectivity index (χ0) is 11.8. The SMILES string of the molecule is CC1(C)CCCC2=C1C(C=O)C(C=O)CC2. The summed E-state index contributed by atoms with van der Waals surface area (Å²) in [5, 5.41) is 0. The molecule has 16 heavy (non-hydrogen) atoms. The highest BCUT2D eigenvalue weighted by Crippen LogP contribution is 2.49. The van der Waals surface area contributed by atoms with Crippen LogP contribution >= 0.6 is 0 Å². The Labute approximate surface area is 97.1 Å². The van der Waals surface area contributed by atoms with Crippen LogP contribution in [0.5, 0.6) is 0 Å². The molecule has 2 aliphatic carbocycles. The number of hydrogen-bond acceptors (Lipinski definition) is 2. The third kappa shape index (κ3) is 1.74. The highest BCUT2D eigenvalue weighted by atomic mass is 16.1. The minimum atomic E-state index is -0.142. The fourth-order valence-corrected chi connectivity index (χ4v) is 3.49. The van der Waals surface area contributed by atoms with Gasteiger partial charge in [-0.25, -0.2) is 0 Å². The van der Waals surface area contributed by atoms with Crippen molar-refractivity contribution < 1.29 is 9.59 Å². The van der Waals surface area contributed by atoms with Gasteiger partial charge < -0.3 is 9.59 Å². The molecule has 0 radical (unpaired) electrons. The van der Waals surface area contributed by atoms with Crippen LogP contribution in [0.3, 0.4) is 0 Å². The van der Waals surface area contributed by atoms with Gasteiger partial charge in [0, 0.05) is 11.8 Å². The first-order valence-electron chi connectivity index (χ1n) is 6.23. The minimum Gasteiger partial charge on any atom is -0.303 e. The molecule has 0 fully saturated rings. The average Bonchev–Trinajstić information content (AvgIpc) is 2.27. The summed E-state index contributed by atoms with van der Waals surface area (Å²) in [7, 11) is 0. The summed E-state index contributed by atoms with van der Waals surface area (Å²) < 4.78 is 0. The standard InChI is InChI=1S/C14H20O2/c1-14(2)7-3-4-10-5-6-11(8-15)12(9-16)13(10)14/h8-9,11-12H,3-7H2,1-2H3. The maximum atomic E-state index is 11.3. The van der Waals surface area contributed by atoms with Gasteiger partial charge in [-0.3, -0.25) is 0 Å². The largest absolute Gasteiger partial charge is 0.303 e. The van der Waals surface area contributed by atoms with Crippen molar-refractivity contribution in [3.8, 4) is 0 Å². The van der Waals surface area contributed by atoms with Crippen molar-refractivity contribution in [3.05, 3.63) is 11.1 Å². The monoisotopic (exact) mass is 220 g/mol. The molecule has 0 heterocycles. The van der Waals surface area contributed by atoms with Crippen LogP contribution in [-0.4, -0.2) is 12.6 Å². The second kappa shape index (κ2) is 4.15. The molecular formula is C14H20O2. The zero-order valence-electron chi connectivity index (χ0n) is 10.2. The summed E-state index contributed by atoms with van der Waals surface area (Å²) in [5.74, 6) is -0.217. The summed E-state index contributed by atoms with van der Waals surface area (Å²) in [5.41, 5.74) is 2.87. The van der Waals surface area contributed by atoms with Gasteiger partial charge in [0.05, 0.1) is 0 Å². The van der Waals surface area contributed by atoms with E-state index < -0.39 is 0 Å². The molecule has 2 aliphatic rings. The molecule has 2 heteroatoms. The van der Waals surface area contributed by atoms with Gasteiger partial charge in [-0.05, 0) is 37.5 Å². The number of carbonyl (C=O) groups excluding carboxylic acids is 2. The fourth-order valence-electron chi connectivity index (χ4n) is 3.49. The lowest BCUT2D eigenvalue weighted by Gasteiger charge is -2.42. The van der Waals surface area contributed by atoms with Crippen molar-refractivity contribution in [2.45, 2.75) is 46.0 Å². The van der Waals surface area contributed by atoms with Gasteiger partial charge in [-0.2, -0.15) is 0 Å². The highest BCUT2D eigenvalue weighted by molar-refractivity contribution is 5.70. The van der Waals surface area contributed by atoms with Crippen LogP contribution in [0.25, 0.3) is 0 Å². The topological polar surface area (TPSA) is 34.1 Å². The molecule has 0 amide bonds. The molecule has 2 nitrogen and oxygen atoms in total. The number of aldehydes is 2. The molecule has 0 aliphatic heterocycles. The van der Waals surface area contributed by atoms with Crippen LogP contribution < -0.4 is 0 Å². The third-order valence-corrected chi connectivity index (χ3v) is 4.29. The molecular weight excluding hydrogens is 200 g/mol. The van der Waals surface area contributed by atoms with Gasteiger partial charge >= 0.3 is 0 Å². The van der Waals surface area contributed by atoms with Gasteiger partial charge in [-0.15, -0.1) is 0 Å². The van der Waals surface area contributed by atoms with Crippen molar-refractivity contribution in [3.63, 3.8) is 0 Å². The number of rotatable bonds is 2. The maximum Gasteiger partial charge on any atom is 0.127 e. The van der Waals surface area contributed by atoms with E-state index in [4.69, 9.17) is 0 Å². The van der Waals surface area contributed by atoms with Gasteiger partial charge in [0.25, 0.3) is 0 Å². The predicted molar refractivity (Wildman–Crippen MR) is 63.0 cm³/mol. The van der Waals surface area contributed by atoms with Gasteiger partial charge in [-0.1, -0.05) is 25.0 Å². The van der Waals surface area contributed by atoms with Gasteiger partial charge in [0.15, 0.2) is 0 Å². The molecule has 0 saturated carbocycles. The first-order chi connectivity index (χ1) is 7.60. The first-order valence-corrected chi connectivity index (χ1v) is 6.23. The molecule has 2 atom stereocenters. The molecule has 88 valence electrons. The normalized spacial score (nSPS) is 33.1. The van der Waals surface area contributed by atoms with Crippen LogP contribution in [0.15, 0.2) is 11.1 Å². The van der Waals surface area contributed by atoms with E-state index >= 15 is 0 Å². The van der Waals surface area contributed by atoms with Crippen LogP contribution in [0.4, 0.5) is 0 Å². The van der Waals surface area contributed by atoms with Gasteiger partial charge in [0.2, 0.25) is 0 Å². The van der Waals surface area contributed by atoms with E-state index in [0.717, 1.165) is 38.3 Å². The molecule has 0 aromatic heterocycles. The van der Waals surface area contributed by atoms with E-state index in [0.29, 0.717) is 0 Å². The molecule has 0 spiro atoms. The predicted octanol–water partition coefficient (Wildman–Crippen LogP) is 2.92. The van der Waals surface area contributed by atoms with E-state index in [-0.39, 0.29) is 17.3 Å². The molecule has 0 N–H and O–H groups in total. The number of carbonyl (C=O) groups is 2. The fraction of sp³-hybridized carbons (Fsp3) is 0.714. The Kier molecular flexibility index (Phi) is 3.00. The first kappa shape index (κ1) is 11.6. The molecule has 2 rings (SSSR count). The lowest BCUT2D eigenvalue weighted by atomic mass is 9.61. The van der Waals surface area contributed by atoms with E-state index in [1.54, 1.807) is 0 Å². The van der Waals surface area contributed by atoms with E-state index in [2.05, 4.69) is 13.8 Å². The van der Waals surface area contributed by atoms with Crippen molar-refractivity contribution in [2.24, 2.45) is 17.3 Å². The lowest BCUT2D eigenvalue weighted by Crippen LogP contribution is -2.35. The summed E-state index contributed by atoms with van der Waals surface area (Å²) in [4.78, 5) is 22.3. The molecule has 2 unspecified atom stereocenters. The summed E-state index contributed by atoms with van der Waals surface area (Å²) in [6, 6.07) is 0. The Hall–Kier alpha value is -0.920. The number of hydrogen-bond donors (Lipinski definition) is 0. The van der Waals surface area contributed by atoms with Crippen molar-refractivity contribution in [2.75, 3.05) is 0 Å². The van der Waals surface area contributed by atoms with E-state index in [1.165, 1.54) is 17.6 Å². The lowest BCUT2D eigenvalue weighted by molar-refractivity contribution is -0.119. The Balaban J connectivity index is 2.43. The van der Waals surface area contributed by atoms with Crippen LogP contribution in [0.1, 0.15) is 46.0 Å². The molecule has 0 saturated heterocycles. The summed E-state index contributed by atoms with van der Waals surface area (Å²) >= 11 is 0. The van der Waals surface area contributed by atoms with Crippen molar-refractivity contribution >= 4 is 12.6 Å². The van der Waals surface area contributed by atoms with Crippen molar-refractivity contribution in [1.29, 1.82) is 0 Å². The second-order valence-electron chi connectivity index (χ2n) is 5.76. The quantitative estimate of drug-likeness (QED) is 0.529. The molecule has 0 bridgehead atoms. The molecule has 0 aromatic carbocycles. The Bertz CT molecular complexity index is 339.